The number of aromatic nitrogens is 2. The van der Waals surface area contributed by atoms with Crippen LogP contribution in [0, 0.1) is 6.92 Å². The van der Waals surface area contributed by atoms with E-state index in [0.717, 1.165) is 28.1 Å². The van der Waals surface area contributed by atoms with E-state index in [-0.39, 0.29) is 23.2 Å². The number of carbonyl (C=O) groups excluding carboxylic acids is 1. The minimum atomic E-state index is -3.05. The zero-order valence-corrected chi connectivity index (χ0v) is 16.9. The first-order valence-electron chi connectivity index (χ1n) is 8.73. The van der Waals surface area contributed by atoms with Gasteiger partial charge in [0.1, 0.15) is 21.8 Å². The zero-order valence-electron chi connectivity index (χ0n) is 14.5. The second-order valence-electron chi connectivity index (χ2n) is 6.77. The van der Waals surface area contributed by atoms with E-state index in [0.29, 0.717) is 12.2 Å². The maximum Gasteiger partial charge on any atom is 0.316 e. The predicted molar refractivity (Wildman–Crippen MR) is 103 cm³/mol. The lowest BCUT2D eigenvalue weighted by molar-refractivity contribution is -0.144. The molecule has 9 heteroatoms. The van der Waals surface area contributed by atoms with Crippen molar-refractivity contribution in [3.8, 4) is 0 Å². The van der Waals surface area contributed by atoms with Crippen LogP contribution in [0.1, 0.15) is 35.5 Å². The largest absolute Gasteiger partial charge is 0.461 e. The minimum Gasteiger partial charge on any atom is -0.461 e. The molecule has 1 fully saturated rings. The van der Waals surface area contributed by atoms with Gasteiger partial charge in [0.15, 0.2) is 9.84 Å². The molecule has 1 aliphatic heterocycles. The molecule has 1 atom stereocenters. The maximum atomic E-state index is 12.2. The van der Waals surface area contributed by atoms with Crippen molar-refractivity contribution in [3.63, 3.8) is 0 Å². The first-order valence-corrected chi connectivity index (χ1v) is 12.4. The number of aryl methyl sites for hydroxylation is 3. The molecule has 0 N–H and O–H groups in total. The molecule has 4 rings (SSSR count). The molecule has 0 unspecified atom stereocenters. The van der Waals surface area contributed by atoms with Gasteiger partial charge < -0.3 is 4.74 Å². The summed E-state index contributed by atoms with van der Waals surface area (Å²) in [6, 6.07) is 0. The van der Waals surface area contributed by atoms with Gasteiger partial charge in [0.25, 0.3) is 0 Å². The van der Waals surface area contributed by atoms with Crippen LogP contribution in [-0.4, -0.2) is 47.7 Å². The summed E-state index contributed by atoms with van der Waals surface area (Å²) in [6.45, 7) is 1.86. The molecule has 0 spiro atoms. The Morgan fingerprint density at radius 3 is 2.88 bits per heavy atom. The van der Waals surface area contributed by atoms with Crippen molar-refractivity contribution in [2.75, 3.05) is 17.3 Å². The summed E-state index contributed by atoms with van der Waals surface area (Å²) in [5, 5.41) is 1.93. The van der Waals surface area contributed by atoms with Gasteiger partial charge in [-0.05, 0) is 44.6 Å². The molecular formula is C17H20N2O4S3. The van der Waals surface area contributed by atoms with Gasteiger partial charge in [-0.3, -0.25) is 4.79 Å². The van der Waals surface area contributed by atoms with Crippen molar-refractivity contribution in [3.05, 3.63) is 16.3 Å². The van der Waals surface area contributed by atoms with Crippen LogP contribution >= 0.6 is 23.1 Å². The van der Waals surface area contributed by atoms with Crippen LogP contribution in [0.5, 0.6) is 0 Å². The molecule has 0 radical (unpaired) electrons. The van der Waals surface area contributed by atoms with Crippen molar-refractivity contribution in [1.82, 2.24) is 9.97 Å². The van der Waals surface area contributed by atoms with Crippen molar-refractivity contribution in [2.45, 2.75) is 50.2 Å². The lowest BCUT2D eigenvalue weighted by atomic mass is 9.97. The third kappa shape index (κ3) is 3.75. The van der Waals surface area contributed by atoms with Gasteiger partial charge in [-0.15, -0.1) is 11.3 Å². The molecule has 0 saturated carbocycles. The van der Waals surface area contributed by atoms with Crippen molar-refractivity contribution < 1.29 is 17.9 Å². The van der Waals surface area contributed by atoms with Crippen LogP contribution in [0.25, 0.3) is 10.2 Å². The van der Waals surface area contributed by atoms with E-state index in [1.54, 1.807) is 11.3 Å². The van der Waals surface area contributed by atoms with Gasteiger partial charge in [-0.1, -0.05) is 11.8 Å². The Kier molecular flexibility index (Phi) is 4.96. The Balaban J connectivity index is 1.50. The van der Waals surface area contributed by atoms with Crippen LogP contribution in [0.2, 0.25) is 0 Å². The van der Waals surface area contributed by atoms with Crippen molar-refractivity contribution in [1.29, 1.82) is 0 Å². The predicted octanol–water partition coefficient (Wildman–Crippen LogP) is 2.70. The lowest BCUT2D eigenvalue weighted by Gasteiger charge is -2.12. The molecule has 2 aromatic rings. The fraction of sp³-hybridized carbons (Fsp3) is 0.588. The van der Waals surface area contributed by atoms with Crippen LogP contribution in [0.4, 0.5) is 0 Å². The molecule has 2 aromatic heterocycles. The van der Waals surface area contributed by atoms with Crippen LogP contribution in [0.15, 0.2) is 5.03 Å². The van der Waals surface area contributed by atoms with Gasteiger partial charge in [0.2, 0.25) is 0 Å². The second kappa shape index (κ2) is 7.09. The highest BCUT2D eigenvalue weighted by atomic mass is 32.2. The summed E-state index contributed by atoms with van der Waals surface area (Å²) in [5.41, 5.74) is 1.34. The van der Waals surface area contributed by atoms with Gasteiger partial charge in [-0.25, -0.2) is 18.4 Å². The summed E-state index contributed by atoms with van der Waals surface area (Å²) >= 11 is 3.11. The third-order valence-corrected chi connectivity index (χ3v) is 8.58. The number of hydrogen-bond donors (Lipinski definition) is 0. The Hall–Kier alpha value is -1.19. The second-order valence-corrected chi connectivity index (χ2v) is 11.0. The first-order chi connectivity index (χ1) is 12.4. The standard InChI is InChI=1S/C17H20N2O4S3/c1-10-18-16(15-12-4-2-3-5-13(12)25-17(15)19-10)24-8-14(20)23-11-6-7-26(21,22)9-11/h11H,2-9H2,1H3/t11-/m1/s1. The number of ether oxygens (including phenoxy) is 1. The molecule has 0 aromatic carbocycles. The average Bonchev–Trinajstić information content (AvgIpc) is 3.11. The summed E-state index contributed by atoms with van der Waals surface area (Å²) in [6.07, 6.45) is 4.42. The fourth-order valence-corrected chi connectivity index (χ4v) is 7.38. The molecule has 0 amide bonds. The zero-order chi connectivity index (χ0) is 18.3. The molecule has 0 bridgehead atoms. The summed E-state index contributed by atoms with van der Waals surface area (Å²) in [7, 11) is -3.05. The quantitative estimate of drug-likeness (QED) is 0.433. The fourth-order valence-electron chi connectivity index (χ4n) is 3.53. The molecular weight excluding hydrogens is 392 g/mol. The van der Waals surface area contributed by atoms with Crippen molar-refractivity contribution in [2.24, 2.45) is 0 Å². The molecule has 140 valence electrons. The Labute approximate surface area is 160 Å². The Morgan fingerprint density at radius 1 is 1.31 bits per heavy atom. The summed E-state index contributed by atoms with van der Waals surface area (Å²) in [4.78, 5) is 23.7. The Morgan fingerprint density at radius 2 is 2.12 bits per heavy atom. The molecule has 6 nitrogen and oxygen atoms in total. The Bertz CT molecular complexity index is 968. The van der Waals surface area contributed by atoms with Gasteiger partial charge in [0, 0.05) is 10.3 Å². The smallest absolute Gasteiger partial charge is 0.316 e. The minimum absolute atomic E-state index is 0.0572. The number of thiophene rings is 1. The van der Waals surface area contributed by atoms with Crippen molar-refractivity contribution >= 4 is 49.1 Å². The van der Waals surface area contributed by atoms with E-state index in [1.807, 2.05) is 6.92 Å². The van der Waals surface area contributed by atoms with Gasteiger partial charge in [-0.2, -0.15) is 0 Å². The maximum absolute atomic E-state index is 12.2. The topological polar surface area (TPSA) is 86.2 Å². The van der Waals surface area contributed by atoms with E-state index >= 15 is 0 Å². The average molecular weight is 413 g/mol. The van der Waals surface area contributed by atoms with E-state index in [9.17, 15) is 13.2 Å². The molecule has 1 saturated heterocycles. The number of thioether (sulfide) groups is 1. The highest BCUT2D eigenvalue weighted by molar-refractivity contribution is 8.00. The molecule has 2 aliphatic rings. The highest BCUT2D eigenvalue weighted by Gasteiger charge is 2.30. The number of carbonyl (C=O) groups is 1. The monoisotopic (exact) mass is 412 g/mol. The van der Waals surface area contributed by atoms with Crippen LogP contribution in [-0.2, 0) is 32.2 Å². The summed E-state index contributed by atoms with van der Waals surface area (Å²) < 4.78 is 28.3. The van der Waals surface area contributed by atoms with Crippen LogP contribution < -0.4 is 0 Å². The SMILES string of the molecule is Cc1nc(SCC(=O)O[C@@H]2CCS(=O)(=O)C2)c2c3c(sc2n1)CCCC3. The normalized spacial score (nSPS) is 21.7. The molecule has 3 heterocycles. The number of nitrogens with zero attached hydrogens (tertiary/aromatic N) is 2. The molecule has 1 aliphatic carbocycles. The van der Waals surface area contributed by atoms with Crippen LogP contribution in [0.3, 0.4) is 0 Å². The molecule has 26 heavy (non-hydrogen) atoms. The van der Waals surface area contributed by atoms with E-state index < -0.39 is 15.9 Å². The number of rotatable bonds is 4. The van der Waals surface area contributed by atoms with Gasteiger partial charge in [0.05, 0.1) is 17.3 Å². The van der Waals surface area contributed by atoms with Gasteiger partial charge >= 0.3 is 5.97 Å². The van der Waals surface area contributed by atoms with E-state index in [4.69, 9.17) is 4.74 Å². The number of hydrogen-bond acceptors (Lipinski definition) is 8. The highest BCUT2D eigenvalue weighted by Crippen LogP contribution is 2.39. The first kappa shape index (κ1) is 18.2. The van der Waals surface area contributed by atoms with E-state index in [2.05, 4.69) is 9.97 Å². The number of esters is 1. The number of fused-ring (bicyclic) bond motifs is 3. The lowest BCUT2D eigenvalue weighted by Crippen LogP contribution is -2.20. The third-order valence-electron chi connectivity index (χ3n) is 4.71. The number of sulfone groups is 1. The van der Waals surface area contributed by atoms with E-state index in [1.165, 1.54) is 35.0 Å². The summed E-state index contributed by atoms with van der Waals surface area (Å²) in [5.74, 6) is 0.495.